The van der Waals surface area contributed by atoms with Gasteiger partial charge in [0.05, 0.1) is 0 Å². The molecule has 0 aromatic heterocycles. The van der Waals surface area contributed by atoms with Gasteiger partial charge in [0, 0.05) is 19.1 Å². The van der Waals surface area contributed by atoms with Crippen LogP contribution in [0.25, 0.3) is 0 Å². The predicted molar refractivity (Wildman–Crippen MR) is 81.5 cm³/mol. The Labute approximate surface area is 121 Å². The molecule has 1 aromatic carbocycles. The Morgan fingerprint density at radius 3 is 2.25 bits per heavy atom. The van der Waals surface area contributed by atoms with Crippen LogP contribution in [0.1, 0.15) is 43.2 Å². The van der Waals surface area contributed by atoms with Crippen LogP contribution < -0.4 is 16.0 Å². The first kappa shape index (κ1) is 14.9. The normalized spacial score (nSPS) is 15.8. The lowest BCUT2D eigenvalue weighted by molar-refractivity contribution is 0.232. The predicted octanol–water partition coefficient (Wildman–Crippen LogP) is 2.54. The molecule has 110 valence electrons. The lowest BCUT2D eigenvalue weighted by Crippen LogP contribution is -2.42. The minimum atomic E-state index is -0.0452. The molecule has 0 aliphatic heterocycles. The van der Waals surface area contributed by atoms with Gasteiger partial charge in [0.1, 0.15) is 0 Å². The van der Waals surface area contributed by atoms with Gasteiger partial charge in [0.15, 0.2) is 0 Å². The molecule has 0 unspecified atom stereocenters. The summed E-state index contributed by atoms with van der Waals surface area (Å²) in [6, 6.07) is 8.62. The molecule has 1 saturated carbocycles. The number of amides is 2. The largest absolute Gasteiger partial charge is 0.335 e. The number of carbonyl (C=O) groups excluding carboxylic acids is 1. The smallest absolute Gasteiger partial charge is 0.315 e. The number of carbonyl (C=O) groups is 1. The van der Waals surface area contributed by atoms with Gasteiger partial charge in [-0.2, -0.15) is 0 Å². The van der Waals surface area contributed by atoms with E-state index in [2.05, 4.69) is 40.2 Å². The van der Waals surface area contributed by atoms with Crippen LogP contribution in [0.15, 0.2) is 24.3 Å². The summed E-state index contributed by atoms with van der Waals surface area (Å²) in [5.41, 5.74) is 2.38. The van der Waals surface area contributed by atoms with Crippen molar-refractivity contribution in [1.29, 1.82) is 0 Å². The van der Waals surface area contributed by atoms with Gasteiger partial charge in [0.2, 0.25) is 0 Å². The number of benzene rings is 1. The lowest BCUT2D eigenvalue weighted by atomic mass is 9.96. The average Bonchev–Trinajstić information content (AvgIpc) is 2.48. The molecular weight excluding hydrogens is 250 g/mol. The fourth-order valence-electron chi connectivity index (χ4n) is 2.64. The van der Waals surface area contributed by atoms with Crippen molar-refractivity contribution in [2.45, 2.75) is 51.2 Å². The second kappa shape index (κ2) is 7.90. The first-order chi connectivity index (χ1) is 9.78. The van der Waals surface area contributed by atoms with Crippen LogP contribution in [0, 0.1) is 0 Å². The van der Waals surface area contributed by atoms with Gasteiger partial charge in [-0.3, -0.25) is 0 Å². The van der Waals surface area contributed by atoms with Gasteiger partial charge in [-0.05, 0) is 31.0 Å². The van der Waals surface area contributed by atoms with Gasteiger partial charge in [-0.15, -0.1) is 0 Å². The second-order valence-corrected chi connectivity index (χ2v) is 5.51. The third kappa shape index (κ3) is 4.85. The summed E-state index contributed by atoms with van der Waals surface area (Å²) in [7, 11) is 1.94. The standard InChI is InChI=1S/C16H25N3O/c1-17-11-13-7-9-14(10-8-13)12-18-16(20)19-15-5-3-2-4-6-15/h7-10,15,17H,2-6,11-12H2,1H3,(H2,18,19,20). The second-order valence-electron chi connectivity index (χ2n) is 5.51. The molecule has 2 rings (SSSR count). The topological polar surface area (TPSA) is 53.2 Å². The number of hydrogen-bond acceptors (Lipinski definition) is 2. The fraction of sp³-hybridized carbons (Fsp3) is 0.562. The molecule has 2 amide bonds. The minimum absolute atomic E-state index is 0.0452. The van der Waals surface area contributed by atoms with Crippen LogP contribution in [0.2, 0.25) is 0 Å². The highest BCUT2D eigenvalue weighted by atomic mass is 16.2. The molecule has 0 saturated heterocycles. The van der Waals surface area contributed by atoms with Gasteiger partial charge >= 0.3 is 6.03 Å². The maximum atomic E-state index is 11.8. The summed E-state index contributed by atoms with van der Waals surface area (Å²) in [4.78, 5) is 11.8. The average molecular weight is 275 g/mol. The van der Waals surface area contributed by atoms with E-state index in [-0.39, 0.29) is 6.03 Å². The molecule has 0 atom stereocenters. The van der Waals surface area contributed by atoms with Gasteiger partial charge in [-0.25, -0.2) is 4.79 Å². The summed E-state index contributed by atoms with van der Waals surface area (Å²) in [5.74, 6) is 0. The summed E-state index contributed by atoms with van der Waals surface area (Å²) in [6.07, 6.45) is 6.01. The van der Waals surface area contributed by atoms with Gasteiger partial charge in [-0.1, -0.05) is 43.5 Å². The molecule has 3 N–H and O–H groups in total. The molecule has 0 heterocycles. The number of nitrogens with one attached hydrogen (secondary N) is 3. The molecule has 1 aliphatic carbocycles. The van der Waals surface area contributed by atoms with Crippen LogP contribution in [0.5, 0.6) is 0 Å². The highest BCUT2D eigenvalue weighted by Crippen LogP contribution is 2.17. The summed E-state index contributed by atoms with van der Waals surface area (Å²) in [5, 5.41) is 9.11. The van der Waals surface area contributed by atoms with E-state index in [1.54, 1.807) is 0 Å². The molecule has 4 nitrogen and oxygen atoms in total. The quantitative estimate of drug-likeness (QED) is 0.773. The molecule has 4 heteroatoms. The van der Waals surface area contributed by atoms with Crippen molar-refractivity contribution in [1.82, 2.24) is 16.0 Å². The zero-order valence-electron chi connectivity index (χ0n) is 12.2. The van der Waals surface area contributed by atoms with Crippen LogP contribution in [-0.4, -0.2) is 19.1 Å². The van der Waals surface area contributed by atoms with E-state index in [4.69, 9.17) is 0 Å². The molecule has 0 spiro atoms. The molecule has 1 aromatic rings. The minimum Gasteiger partial charge on any atom is -0.335 e. The number of rotatable bonds is 5. The van der Waals surface area contributed by atoms with Crippen LogP contribution in [-0.2, 0) is 13.1 Å². The number of urea groups is 1. The third-order valence-corrected chi connectivity index (χ3v) is 3.80. The molecular formula is C16H25N3O. The van der Waals surface area contributed by atoms with E-state index in [1.165, 1.54) is 24.8 Å². The van der Waals surface area contributed by atoms with Crippen molar-refractivity contribution in [3.05, 3.63) is 35.4 Å². The third-order valence-electron chi connectivity index (χ3n) is 3.80. The van der Waals surface area contributed by atoms with Crippen molar-refractivity contribution in [2.75, 3.05) is 7.05 Å². The van der Waals surface area contributed by atoms with Crippen LogP contribution in [0.3, 0.4) is 0 Å². The van der Waals surface area contributed by atoms with E-state index in [0.717, 1.165) is 24.9 Å². The maximum Gasteiger partial charge on any atom is 0.315 e. The van der Waals surface area contributed by atoms with E-state index >= 15 is 0 Å². The molecule has 20 heavy (non-hydrogen) atoms. The van der Waals surface area contributed by atoms with Gasteiger partial charge < -0.3 is 16.0 Å². The Hall–Kier alpha value is -1.55. The van der Waals surface area contributed by atoms with E-state index in [0.29, 0.717) is 12.6 Å². The highest BCUT2D eigenvalue weighted by Gasteiger charge is 2.15. The Balaban J connectivity index is 1.72. The summed E-state index contributed by atoms with van der Waals surface area (Å²) < 4.78 is 0. The zero-order chi connectivity index (χ0) is 14.2. The van der Waals surface area contributed by atoms with Crippen molar-refractivity contribution in [3.63, 3.8) is 0 Å². The monoisotopic (exact) mass is 275 g/mol. The number of hydrogen-bond donors (Lipinski definition) is 3. The Morgan fingerprint density at radius 2 is 1.65 bits per heavy atom. The maximum absolute atomic E-state index is 11.8. The van der Waals surface area contributed by atoms with Crippen molar-refractivity contribution >= 4 is 6.03 Å². The molecule has 1 aliphatic rings. The summed E-state index contributed by atoms with van der Waals surface area (Å²) >= 11 is 0. The highest BCUT2D eigenvalue weighted by molar-refractivity contribution is 5.74. The Morgan fingerprint density at radius 1 is 1.05 bits per heavy atom. The van der Waals surface area contributed by atoms with E-state index < -0.39 is 0 Å². The van der Waals surface area contributed by atoms with E-state index in [9.17, 15) is 4.79 Å². The zero-order valence-corrected chi connectivity index (χ0v) is 12.2. The van der Waals surface area contributed by atoms with Crippen LogP contribution in [0.4, 0.5) is 4.79 Å². The van der Waals surface area contributed by atoms with Crippen molar-refractivity contribution < 1.29 is 4.79 Å². The van der Waals surface area contributed by atoms with Gasteiger partial charge in [0.25, 0.3) is 0 Å². The molecule has 0 radical (unpaired) electrons. The van der Waals surface area contributed by atoms with Crippen molar-refractivity contribution in [2.24, 2.45) is 0 Å². The summed E-state index contributed by atoms with van der Waals surface area (Å²) in [6.45, 7) is 1.45. The first-order valence-electron chi connectivity index (χ1n) is 7.54. The van der Waals surface area contributed by atoms with Crippen molar-refractivity contribution in [3.8, 4) is 0 Å². The van der Waals surface area contributed by atoms with Crippen LogP contribution >= 0.6 is 0 Å². The lowest BCUT2D eigenvalue weighted by Gasteiger charge is -2.22. The molecule has 0 bridgehead atoms. The fourth-order valence-corrected chi connectivity index (χ4v) is 2.64. The van der Waals surface area contributed by atoms with E-state index in [1.807, 2.05) is 7.05 Å². The first-order valence-corrected chi connectivity index (χ1v) is 7.54. The Bertz CT molecular complexity index is 410. The Kier molecular flexibility index (Phi) is 5.87. The SMILES string of the molecule is CNCc1ccc(CNC(=O)NC2CCCCC2)cc1. The molecule has 1 fully saturated rings.